The number of nitrogens with one attached hydrogen (secondary N) is 1. The van der Waals surface area contributed by atoms with Crippen LogP contribution in [0.25, 0.3) is 0 Å². The van der Waals surface area contributed by atoms with Crippen molar-refractivity contribution in [3.63, 3.8) is 0 Å². The van der Waals surface area contributed by atoms with Gasteiger partial charge in [0, 0.05) is 19.0 Å². The number of urea groups is 1. The van der Waals surface area contributed by atoms with Gasteiger partial charge < -0.3 is 15.3 Å². The highest BCUT2D eigenvalue weighted by atomic mass is 35.5. The van der Waals surface area contributed by atoms with Gasteiger partial charge in [0.05, 0.1) is 22.4 Å². The zero-order valence-electron chi connectivity index (χ0n) is 14.5. The van der Waals surface area contributed by atoms with Gasteiger partial charge in [0.1, 0.15) is 11.9 Å². The Kier molecular flexibility index (Phi) is 5.94. The molecule has 0 aliphatic carbocycles. The van der Waals surface area contributed by atoms with Crippen LogP contribution in [0.15, 0.2) is 42.5 Å². The van der Waals surface area contributed by atoms with Crippen molar-refractivity contribution in [2.24, 2.45) is 5.92 Å². The fraction of sp³-hybridized carbons (Fsp3) is 0.300. The highest BCUT2D eigenvalue weighted by Crippen LogP contribution is 2.31. The maximum Gasteiger partial charge on any atom is 0.321 e. The van der Waals surface area contributed by atoms with Gasteiger partial charge in [-0.05, 0) is 42.7 Å². The Morgan fingerprint density at radius 1 is 1.37 bits per heavy atom. The molecule has 140 valence electrons. The molecule has 0 aromatic heterocycles. The second-order valence-electron chi connectivity index (χ2n) is 6.55. The molecular weight excluding hydrogens is 369 g/mol. The molecular formula is C20H19ClFN3O2. The van der Waals surface area contributed by atoms with Crippen LogP contribution in [0.3, 0.4) is 0 Å². The third-order valence-electron chi connectivity index (χ3n) is 4.76. The first kappa shape index (κ1) is 19.2. The van der Waals surface area contributed by atoms with Crippen molar-refractivity contribution in [2.75, 3.05) is 18.4 Å². The number of piperidine rings is 1. The number of hydrogen-bond acceptors (Lipinski definition) is 3. The van der Waals surface area contributed by atoms with Crippen molar-refractivity contribution in [1.29, 1.82) is 5.26 Å². The lowest BCUT2D eigenvalue weighted by Crippen LogP contribution is -2.43. The Hall–Kier alpha value is -2.62. The van der Waals surface area contributed by atoms with Gasteiger partial charge in [-0.3, -0.25) is 0 Å². The summed E-state index contributed by atoms with van der Waals surface area (Å²) in [6, 6.07) is 12.5. The Morgan fingerprint density at radius 2 is 2.15 bits per heavy atom. The van der Waals surface area contributed by atoms with E-state index >= 15 is 0 Å². The lowest BCUT2D eigenvalue weighted by atomic mass is 9.88. The summed E-state index contributed by atoms with van der Waals surface area (Å²) in [5.74, 6) is -0.814. The van der Waals surface area contributed by atoms with Crippen molar-refractivity contribution in [2.45, 2.75) is 18.9 Å². The average molecular weight is 388 g/mol. The van der Waals surface area contributed by atoms with Gasteiger partial charge in [-0.25, -0.2) is 9.18 Å². The predicted molar refractivity (Wildman–Crippen MR) is 101 cm³/mol. The highest BCUT2D eigenvalue weighted by Gasteiger charge is 2.30. The van der Waals surface area contributed by atoms with Gasteiger partial charge in [0.15, 0.2) is 0 Å². The number of carbonyl (C=O) groups excluding carboxylic acids is 1. The molecule has 5 nitrogen and oxygen atoms in total. The topological polar surface area (TPSA) is 76.4 Å². The molecule has 0 saturated carbocycles. The summed E-state index contributed by atoms with van der Waals surface area (Å²) in [5, 5.41) is 22.9. The fourth-order valence-electron chi connectivity index (χ4n) is 3.29. The third kappa shape index (κ3) is 4.38. The van der Waals surface area contributed by atoms with E-state index in [0.29, 0.717) is 29.4 Å². The summed E-state index contributed by atoms with van der Waals surface area (Å²) in [4.78, 5) is 14.2. The number of hydrogen-bond donors (Lipinski definition) is 2. The maximum atomic E-state index is 13.5. The molecule has 7 heteroatoms. The van der Waals surface area contributed by atoms with E-state index in [4.69, 9.17) is 16.9 Å². The minimum atomic E-state index is -0.881. The molecule has 1 aliphatic heterocycles. The third-order valence-corrected chi connectivity index (χ3v) is 5.09. The van der Waals surface area contributed by atoms with Crippen LogP contribution in [0.4, 0.5) is 14.9 Å². The Balaban J connectivity index is 1.69. The first-order valence-corrected chi connectivity index (χ1v) is 9.05. The molecule has 2 aromatic carbocycles. The van der Waals surface area contributed by atoms with Crippen LogP contribution in [0, 0.1) is 23.1 Å². The van der Waals surface area contributed by atoms with Gasteiger partial charge in [-0.15, -0.1) is 0 Å². The Morgan fingerprint density at radius 3 is 2.89 bits per heavy atom. The summed E-state index contributed by atoms with van der Waals surface area (Å²) < 4.78 is 13.5. The van der Waals surface area contributed by atoms with Crippen molar-refractivity contribution in [1.82, 2.24) is 4.90 Å². The van der Waals surface area contributed by atoms with Crippen molar-refractivity contribution in [3.05, 3.63) is 64.4 Å². The number of nitrogens with zero attached hydrogens (tertiary/aromatic N) is 2. The van der Waals surface area contributed by atoms with E-state index in [1.807, 2.05) is 0 Å². The largest absolute Gasteiger partial charge is 0.388 e. The SMILES string of the molecule is N#Cc1cc(C(O)C2CCCN(C(=O)Nc3ccccc3Cl)C2)ccc1F. The molecule has 0 bridgehead atoms. The molecule has 1 fully saturated rings. The minimum absolute atomic E-state index is 0.101. The second-order valence-corrected chi connectivity index (χ2v) is 6.96. The monoisotopic (exact) mass is 387 g/mol. The van der Waals surface area contributed by atoms with E-state index in [1.165, 1.54) is 18.2 Å². The fourth-order valence-corrected chi connectivity index (χ4v) is 3.48. The van der Waals surface area contributed by atoms with E-state index in [-0.39, 0.29) is 17.5 Å². The van der Waals surface area contributed by atoms with Gasteiger partial charge in [-0.2, -0.15) is 5.26 Å². The van der Waals surface area contributed by atoms with Gasteiger partial charge in [0.25, 0.3) is 0 Å². The van der Waals surface area contributed by atoms with Crippen LogP contribution in [0.1, 0.15) is 30.1 Å². The zero-order valence-corrected chi connectivity index (χ0v) is 15.3. The second kappa shape index (κ2) is 8.38. The molecule has 1 heterocycles. The molecule has 2 unspecified atom stereocenters. The Labute approximate surface area is 162 Å². The molecule has 1 aliphatic rings. The number of likely N-dealkylation sites (tertiary alicyclic amines) is 1. The van der Waals surface area contributed by atoms with Gasteiger partial charge >= 0.3 is 6.03 Å². The van der Waals surface area contributed by atoms with Crippen LogP contribution in [0.5, 0.6) is 0 Å². The van der Waals surface area contributed by atoms with E-state index < -0.39 is 11.9 Å². The van der Waals surface area contributed by atoms with Crippen LogP contribution in [0.2, 0.25) is 5.02 Å². The summed E-state index contributed by atoms with van der Waals surface area (Å²) in [7, 11) is 0. The zero-order chi connectivity index (χ0) is 19.4. The number of anilines is 1. The number of nitriles is 1. The van der Waals surface area contributed by atoms with E-state index in [1.54, 1.807) is 35.2 Å². The van der Waals surface area contributed by atoms with E-state index in [9.17, 15) is 14.3 Å². The summed E-state index contributed by atoms with van der Waals surface area (Å²) >= 11 is 6.08. The van der Waals surface area contributed by atoms with Crippen LogP contribution in [-0.4, -0.2) is 29.1 Å². The average Bonchev–Trinajstić information content (AvgIpc) is 2.69. The number of halogens is 2. The quantitative estimate of drug-likeness (QED) is 0.823. The van der Waals surface area contributed by atoms with Gasteiger partial charge in [0.2, 0.25) is 0 Å². The van der Waals surface area contributed by atoms with Crippen LogP contribution >= 0.6 is 11.6 Å². The number of carbonyl (C=O) groups is 1. The number of amides is 2. The van der Waals surface area contributed by atoms with Crippen molar-refractivity contribution >= 4 is 23.3 Å². The minimum Gasteiger partial charge on any atom is -0.388 e. The number of benzene rings is 2. The van der Waals surface area contributed by atoms with Crippen molar-refractivity contribution < 1.29 is 14.3 Å². The molecule has 1 saturated heterocycles. The number of rotatable bonds is 3. The molecule has 2 N–H and O–H groups in total. The number of aliphatic hydroxyl groups excluding tert-OH is 1. The lowest BCUT2D eigenvalue weighted by Gasteiger charge is -2.35. The highest BCUT2D eigenvalue weighted by molar-refractivity contribution is 6.33. The predicted octanol–water partition coefficient (Wildman–Crippen LogP) is 4.33. The number of para-hydroxylation sites is 1. The van der Waals surface area contributed by atoms with E-state index in [2.05, 4.69) is 5.32 Å². The summed E-state index contributed by atoms with van der Waals surface area (Å²) in [6.07, 6.45) is 0.592. The molecule has 27 heavy (non-hydrogen) atoms. The molecule has 3 rings (SSSR count). The maximum absolute atomic E-state index is 13.5. The van der Waals surface area contributed by atoms with Crippen LogP contribution < -0.4 is 5.32 Å². The van der Waals surface area contributed by atoms with Gasteiger partial charge in [-0.1, -0.05) is 29.8 Å². The van der Waals surface area contributed by atoms with E-state index in [0.717, 1.165) is 12.8 Å². The standard InChI is InChI=1S/C20H19ClFN3O2/c21-16-5-1-2-6-18(16)24-20(27)25-9-3-4-14(12-25)19(26)13-7-8-17(22)15(10-13)11-23/h1-2,5-8,10,14,19,26H,3-4,9,12H2,(H,24,27). The number of aliphatic hydroxyl groups is 1. The normalized spacial score (nSPS) is 17.9. The smallest absolute Gasteiger partial charge is 0.321 e. The van der Waals surface area contributed by atoms with Crippen molar-refractivity contribution in [3.8, 4) is 6.07 Å². The first-order chi connectivity index (χ1) is 13.0. The Bertz CT molecular complexity index is 884. The molecule has 2 amide bonds. The lowest BCUT2D eigenvalue weighted by molar-refractivity contribution is 0.0632. The summed E-state index contributed by atoms with van der Waals surface area (Å²) in [6.45, 7) is 0.934. The molecule has 2 atom stereocenters. The molecule has 0 radical (unpaired) electrons. The molecule has 0 spiro atoms. The molecule has 2 aromatic rings. The first-order valence-electron chi connectivity index (χ1n) is 8.67. The summed E-state index contributed by atoms with van der Waals surface area (Å²) in [5.41, 5.74) is 0.908. The van der Waals surface area contributed by atoms with Crippen LogP contribution in [-0.2, 0) is 0 Å².